The molecule has 1 fully saturated rings. The van der Waals surface area contributed by atoms with E-state index in [-0.39, 0.29) is 5.41 Å². The van der Waals surface area contributed by atoms with E-state index in [0.29, 0.717) is 17.4 Å². The third-order valence-electron chi connectivity index (χ3n) is 7.17. The molecule has 0 radical (unpaired) electrons. The van der Waals surface area contributed by atoms with Crippen molar-refractivity contribution in [2.75, 3.05) is 17.2 Å². The first kappa shape index (κ1) is 25.5. The summed E-state index contributed by atoms with van der Waals surface area (Å²) in [5, 5.41) is 8.99. The largest absolute Gasteiger partial charge is 0.478 e. The summed E-state index contributed by atoms with van der Waals surface area (Å²) in [5.74, 6) is 0.604. The van der Waals surface area contributed by atoms with Crippen LogP contribution in [0.25, 0.3) is 0 Å². The van der Waals surface area contributed by atoms with Crippen molar-refractivity contribution in [2.24, 2.45) is 5.41 Å². The zero-order valence-corrected chi connectivity index (χ0v) is 21.7. The van der Waals surface area contributed by atoms with E-state index < -0.39 is 16.8 Å². The van der Waals surface area contributed by atoms with Crippen LogP contribution in [-0.2, 0) is 15.6 Å². The Morgan fingerprint density at radius 3 is 2.43 bits per heavy atom. The van der Waals surface area contributed by atoms with Crippen LogP contribution in [-0.4, -0.2) is 27.6 Å². The molecule has 2 aromatic rings. The molecule has 0 amide bonds. The Hall–Kier alpha value is -2.60. The third kappa shape index (κ3) is 6.16. The Morgan fingerprint density at radius 1 is 1.14 bits per heavy atom. The summed E-state index contributed by atoms with van der Waals surface area (Å²) in [4.78, 5) is 14.1. The standard InChI is InChI=1S/C29H37NO4S/c1-3-5-15-29(16-6-4-2)20-30(23-10-8-7-9-11-23)25-18-24(22-12-13-22)26(34-17-14-28(31)32)19-27(25)35(33)21-29/h7-11,14,17-19,22H,3-6,12-13,15-16,20-21H2,1-2H3,(H,31,32)/b17-14+. The molecule has 5 nitrogen and oxygen atoms in total. The van der Waals surface area contributed by atoms with E-state index in [4.69, 9.17) is 9.84 Å². The molecule has 1 atom stereocenters. The van der Waals surface area contributed by atoms with Gasteiger partial charge in [-0.15, -0.1) is 0 Å². The third-order valence-corrected chi connectivity index (χ3v) is 8.86. The number of fused-ring (bicyclic) bond motifs is 1. The van der Waals surface area contributed by atoms with Gasteiger partial charge in [0, 0.05) is 23.4 Å². The SMILES string of the molecule is CCCCC1(CCCC)CN(c2ccccc2)c2cc(C3CC3)c(O/C=C/C(=O)O)cc2S(=O)C1. The van der Waals surface area contributed by atoms with Gasteiger partial charge in [0.25, 0.3) is 0 Å². The van der Waals surface area contributed by atoms with Crippen LogP contribution in [0.3, 0.4) is 0 Å². The summed E-state index contributed by atoms with van der Waals surface area (Å²) in [6, 6.07) is 14.5. The van der Waals surface area contributed by atoms with Crippen LogP contribution < -0.4 is 9.64 Å². The highest BCUT2D eigenvalue weighted by molar-refractivity contribution is 7.85. The first-order valence-electron chi connectivity index (χ1n) is 12.9. The minimum Gasteiger partial charge on any atom is -0.478 e. The number of aliphatic carboxylic acids is 1. The Kier molecular flexibility index (Phi) is 8.32. The second-order valence-electron chi connectivity index (χ2n) is 10.0. The molecule has 1 unspecified atom stereocenters. The average molecular weight is 496 g/mol. The van der Waals surface area contributed by atoms with Crippen LogP contribution >= 0.6 is 0 Å². The first-order valence-corrected chi connectivity index (χ1v) is 14.2. The zero-order valence-electron chi connectivity index (χ0n) is 20.9. The number of hydrogen-bond acceptors (Lipinski definition) is 4. The minimum atomic E-state index is -1.19. The number of unbranched alkanes of at least 4 members (excludes halogenated alkanes) is 2. The molecule has 0 spiro atoms. The highest BCUT2D eigenvalue weighted by Crippen LogP contribution is 2.50. The summed E-state index contributed by atoms with van der Waals surface area (Å²) in [6.45, 7) is 5.29. The predicted octanol–water partition coefficient (Wildman–Crippen LogP) is 7.17. The van der Waals surface area contributed by atoms with Gasteiger partial charge >= 0.3 is 5.97 Å². The molecule has 1 saturated carbocycles. The van der Waals surface area contributed by atoms with Gasteiger partial charge < -0.3 is 14.7 Å². The second-order valence-corrected chi connectivity index (χ2v) is 11.4. The lowest BCUT2D eigenvalue weighted by molar-refractivity contribution is -0.131. The van der Waals surface area contributed by atoms with Crippen molar-refractivity contribution in [1.29, 1.82) is 0 Å². The van der Waals surface area contributed by atoms with Crippen molar-refractivity contribution in [1.82, 2.24) is 0 Å². The number of carbonyl (C=O) groups is 1. The summed E-state index contributed by atoms with van der Waals surface area (Å²) in [5.41, 5.74) is 3.16. The molecule has 2 aromatic carbocycles. The summed E-state index contributed by atoms with van der Waals surface area (Å²) >= 11 is 0. The molecule has 0 bridgehead atoms. The zero-order chi connectivity index (χ0) is 24.8. The molecule has 1 aliphatic heterocycles. The molecule has 0 aromatic heterocycles. The molecule has 0 saturated heterocycles. The Balaban J connectivity index is 1.83. The number of rotatable bonds is 11. The van der Waals surface area contributed by atoms with Gasteiger partial charge in [-0.2, -0.15) is 0 Å². The van der Waals surface area contributed by atoms with E-state index in [9.17, 15) is 9.00 Å². The fourth-order valence-electron chi connectivity index (χ4n) is 5.13. The molecule has 1 N–H and O–H groups in total. The molecule has 188 valence electrons. The van der Waals surface area contributed by atoms with Gasteiger partial charge in [-0.05, 0) is 61.4 Å². The quantitative estimate of drug-likeness (QED) is 0.264. The number of ether oxygens (including phenoxy) is 1. The first-order chi connectivity index (χ1) is 17.0. The average Bonchev–Trinajstić information content (AvgIpc) is 3.70. The summed E-state index contributed by atoms with van der Waals surface area (Å²) < 4.78 is 19.8. The lowest BCUT2D eigenvalue weighted by Crippen LogP contribution is -2.37. The lowest BCUT2D eigenvalue weighted by Gasteiger charge is -2.37. The van der Waals surface area contributed by atoms with Crippen LogP contribution in [0.15, 0.2) is 59.7 Å². The van der Waals surface area contributed by atoms with Crippen molar-refractivity contribution in [3.63, 3.8) is 0 Å². The Morgan fingerprint density at radius 2 is 1.83 bits per heavy atom. The van der Waals surface area contributed by atoms with Crippen molar-refractivity contribution < 1.29 is 18.8 Å². The fraction of sp³-hybridized carbons (Fsp3) is 0.483. The second kappa shape index (κ2) is 11.4. The molecule has 6 heteroatoms. The number of nitrogens with zero attached hydrogens (tertiary/aromatic N) is 1. The number of para-hydroxylation sites is 1. The van der Waals surface area contributed by atoms with E-state index in [2.05, 4.69) is 49.1 Å². The van der Waals surface area contributed by atoms with Crippen molar-refractivity contribution in [3.05, 3.63) is 60.4 Å². The maximum absolute atomic E-state index is 14.0. The van der Waals surface area contributed by atoms with Crippen LogP contribution in [0.1, 0.15) is 76.7 Å². The summed E-state index contributed by atoms with van der Waals surface area (Å²) in [7, 11) is -1.19. The van der Waals surface area contributed by atoms with Crippen molar-refractivity contribution >= 4 is 28.1 Å². The normalized spacial score (nSPS) is 19.4. The molecule has 35 heavy (non-hydrogen) atoms. The highest BCUT2D eigenvalue weighted by atomic mass is 32.2. The van der Waals surface area contributed by atoms with Crippen molar-refractivity contribution in [3.8, 4) is 5.75 Å². The van der Waals surface area contributed by atoms with Gasteiger partial charge in [-0.25, -0.2) is 4.79 Å². The molecule has 2 aliphatic rings. The maximum atomic E-state index is 14.0. The van der Waals surface area contributed by atoms with E-state index in [1.165, 1.54) is 6.26 Å². The topological polar surface area (TPSA) is 66.8 Å². The number of carboxylic acid groups (broad SMARTS) is 1. The van der Waals surface area contributed by atoms with Gasteiger partial charge in [0.15, 0.2) is 0 Å². The minimum absolute atomic E-state index is 0.0320. The van der Waals surface area contributed by atoms with Crippen LogP contribution in [0, 0.1) is 5.41 Å². The Labute approximate surface area is 211 Å². The van der Waals surface area contributed by atoms with Crippen LogP contribution in [0.4, 0.5) is 11.4 Å². The molecular formula is C29H37NO4S. The fourth-order valence-corrected chi connectivity index (χ4v) is 6.86. The number of benzene rings is 2. The van der Waals surface area contributed by atoms with Gasteiger partial charge in [0.2, 0.25) is 0 Å². The van der Waals surface area contributed by atoms with Crippen LogP contribution in [0.2, 0.25) is 0 Å². The Bertz CT molecular complexity index is 1070. The highest BCUT2D eigenvalue weighted by Gasteiger charge is 2.40. The van der Waals surface area contributed by atoms with Gasteiger partial charge in [0.05, 0.1) is 33.7 Å². The van der Waals surface area contributed by atoms with E-state index in [1.54, 1.807) is 0 Å². The van der Waals surface area contributed by atoms with Gasteiger partial charge in [-0.3, -0.25) is 4.21 Å². The molecule has 4 rings (SSSR count). The van der Waals surface area contributed by atoms with Gasteiger partial charge in [-0.1, -0.05) is 57.7 Å². The number of hydrogen-bond donors (Lipinski definition) is 1. The van der Waals surface area contributed by atoms with Crippen molar-refractivity contribution in [2.45, 2.75) is 76.0 Å². The molecule has 1 aliphatic carbocycles. The monoisotopic (exact) mass is 495 g/mol. The number of carboxylic acids is 1. The van der Waals surface area contributed by atoms with Crippen LogP contribution in [0.5, 0.6) is 5.75 Å². The van der Waals surface area contributed by atoms with Gasteiger partial charge in [0.1, 0.15) is 5.75 Å². The van der Waals surface area contributed by atoms with E-state index in [1.807, 2.05) is 12.1 Å². The molecule has 1 heterocycles. The van der Waals surface area contributed by atoms with E-state index in [0.717, 1.165) is 85.8 Å². The smallest absolute Gasteiger partial charge is 0.331 e. The molecular weight excluding hydrogens is 458 g/mol. The lowest BCUT2D eigenvalue weighted by atomic mass is 9.79. The predicted molar refractivity (Wildman–Crippen MR) is 142 cm³/mol. The maximum Gasteiger partial charge on any atom is 0.331 e. The van der Waals surface area contributed by atoms with E-state index >= 15 is 0 Å². The summed E-state index contributed by atoms with van der Waals surface area (Å²) in [6.07, 6.45) is 11.0. The number of anilines is 2.